The third kappa shape index (κ3) is 7.45. The summed E-state index contributed by atoms with van der Waals surface area (Å²) in [6.45, 7) is 1.76. The van der Waals surface area contributed by atoms with Gasteiger partial charge in [-0.3, -0.25) is 0 Å². The van der Waals surface area contributed by atoms with Gasteiger partial charge in [-0.05, 0) is 75.8 Å². The highest BCUT2D eigenvalue weighted by Gasteiger charge is 2.39. The lowest BCUT2D eigenvalue weighted by Gasteiger charge is -2.21. The highest BCUT2D eigenvalue weighted by atomic mass is 79.9. The van der Waals surface area contributed by atoms with Crippen molar-refractivity contribution in [2.24, 2.45) is 11.8 Å². The Labute approximate surface area is 184 Å². The molecule has 7 heteroatoms. The Morgan fingerprint density at radius 2 is 2.11 bits per heavy atom. The summed E-state index contributed by atoms with van der Waals surface area (Å²) >= 11 is 11.7. The minimum Gasteiger partial charge on any atom is -0.477 e. The van der Waals surface area contributed by atoms with Gasteiger partial charge in [0.2, 0.25) is 0 Å². The molecule has 1 heterocycles. The van der Waals surface area contributed by atoms with Crippen LogP contribution < -0.4 is 0 Å². The number of alkyl halides is 2. The molecule has 1 aromatic heterocycles. The topological polar surface area (TPSA) is 77.8 Å². The van der Waals surface area contributed by atoms with Crippen molar-refractivity contribution in [3.63, 3.8) is 0 Å². The Bertz CT molecular complexity index is 648. The maximum absolute atomic E-state index is 11.0. The molecule has 3 N–H and O–H groups in total. The van der Waals surface area contributed by atoms with Crippen LogP contribution in [0, 0.1) is 11.8 Å². The standard InChI is InChI=1S/C21H30BrClO4S/c1-13(24)4-2-5-14(25)8-10-16-17(19(23)12-18(16)22)7-3-6-15-9-11-20(28-15)21(26)27/h8-11,13-14,16-19,24-25H,2-7,12H2,1H3,(H,26,27)/t13-,14+,16-,17-,18-,19-/m1/s1. The fourth-order valence-corrected chi connectivity index (χ4v) is 6.37. The summed E-state index contributed by atoms with van der Waals surface area (Å²) in [6, 6.07) is 3.57. The number of hydrogen-bond acceptors (Lipinski definition) is 4. The number of aliphatic hydroxyl groups excluding tert-OH is 2. The maximum atomic E-state index is 11.0. The van der Waals surface area contributed by atoms with E-state index in [1.165, 1.54) is 11.3 Å². The van der Waals surface area contributed by atoms with Crippen molar-refractivity contribution >= 4 is 44.8 Å². The fourth-order valence-electron chi connectivity index (χ4n) is 3.81. The van der Waals surface area contributed by atoms with Gasteiger partial charge in [0.25, 0.3) is 0 Å². The Morgan fingerprint density at radius 1 is 1.36 bits per heavy atom. The van der Waals surface area contributed by atoms with Gasteiger partial charge in [0.1, 0.15) is 4.88 Å². The molecule has 0 radical (unpaired) electrons. The van der Waals surface area contributed by atoms with E-state index < -0.39 is 12.1 Å². The van der Waals surface area contributed by atoms with Crippen LogP contribution in [0.15, 0.2) is 24.3 Å². The second kappa shape index (κ2) is 11.7. The minimum absolute atomic E-state index is 0.101. The molecule has 2 rings (SSSR count). The van der Waals surface area contributed by atoms with Crippen LogP contribution in [0.2, 0.25) is 0 Å². The third-order valence-corrected chi connectivity index (χ3v) is 7.96. The number of aryl methyl sites for hydroxylation is 1. The maximum Gasteiger partial charge on any atom is 0.345 e. The molecule has 28 heavy (non-hydrogen) atoms. The average Bonchev–Trinajstić information content (AvgIpc) is 3.18. The molecular formula is C21H30BrClO4S. The predicted octanol–water partition coefficient (Wildman–Crippen LogP) is 5.24. The molecule has 1 fully saturated rings. The molecule has 0 saturated heterocycles. The summed E-state index contributed by atoms with van der Waals surface area (Å²) in [4.78, 5) is 12.8. The largest absolute Gasteiger partial charge is 0.477 e. The number of aliphatic hydroxyl groups is 2. The summed E-state index contributed by atoms with van der Waals surface area (Å²) in [7, 11) is 0. The predicted molar refractivity (Wildman–Crippen MR) is 119 cm³/mol. The highest BCUT2D eigenvalue weighted by molar-refractivity contribution is 9.09. The quantitative estimate of drug-likeness (QED) is 0.291. The van der Waals surface area contributed by atoms with Crippen LogP contribution >= 0.6 is 38.9 Å². The van der Waals surface area contributed by atoms with E-state index in [0.29, 0.717) is 28.5 Å². The molecule has 0 bridgehead atoms. The van der Waals surface area contributed by atoms with Crippen molar-refractivity contribution in [1.82, 2.24) is 0 Å². The first-order chi connectivity index (χ1) is 13.3. The fraction of sp³-hybridized carbons (Fsp3) is 0.667. The van der Waals surface area contributed by atoms with Crippen molar-refractivity contribution in [3.05, 3.63) is 34.0 Å². The van der Waals surface area contributed by atoms with E-state index in [4.69, 9.17) is 16.7 Å². The molecule has 1 aliphatic carbocycles. The van der Waals surface area contributed by atoms with E-state index in [1.54, 1.807) is 13.0 Å². The highest BCUT2D eigenvalue weighted by Crippen LogP contribution is 2.43. The van der Waals surface area contributed by atoms with E-state index in [0.717, 1.165) is 37.0 Å². The van der Waals surface area contributed by atoms with Crippen molar-refractivity contribution in [2.45, 2.75) is 74.3 Å². The second-order valence-corrected chi connectivity index (χ2v) is 10.6. The van der Waals surface area contributed by atoms with Crippen LogP contribution in [0.5, 0.6) is 0 Å². The first-order valence-corrected chi connectivity index (χ1v) is 12.1. The van der Waals surface area contributed by atoms with Gasteiger partial charge in [0.05, 0.1) is 12.2 Å². The smallest absolute Gasteiger partial charge is 0.345 e. The summed E-state index contributed by atoms with van der Waals surface area (Å²) in [6.07, 6.45) is 9.03. The van der Waals surface area contributed by atoms with Crippen LogP contribution in [-0.2, 0) is 6.42 Å². The molecule has 4 nitrogen and oxygen atoms in total. The normalized spacial score (nSPS) is 27.3. The second-order valence-electron chi connectivity index (χ2n) is 7.70. The van der Waals surface area contributed by atoms with Gasteiger partial charge in [0, 0.05) is 15.1 Å². The molecule has 1 aliphatic rings. The van der Waals surface area contributed by atoms with E-state index >= 15 is 0 Å². The summed E-state index contributed by atoms with van der Waals surface area (Å²) < 4.78 is 0. The lowest BCUT2D eigenvalue weighted by Crippen LogP contribution is -2.17. The summed E-state index contributed by atoms with van der Waals surface area (Å²) in [5.41, 5.74) is 0. The van der Waals surface area contributed by atoms with Gasteiger partial charge in [0.15, 0.2) is 0 Å². The number of carboxylic acids is 1. The Morgan fingerprint density at radius 3 is 2.75 bits per heavy atom. The van der Waals surface area contributed by atoms with Crippen LogP contribution in [-0.4, -0.2) is 43.7 Å². The zero-order valence-corrected chi connectivity index (χ0v) is 19.3. The number of allylic oxidation sites excluding steroid dienone is 1. The molecular weight excluding hydrogens is 464 g/mol. The molecule has 1 saturated carbocycles. The van der Waals surface area contributed by atoms with Crippen LogP contribution in [0.1, 0.15) is 60.0 Å². The molecule has 0 aromatic carbocycles. The van der Waals surface area contributed by atoms with Gasteiger partial charge in [-0.2, -0.15) is 0 Å². The van der Waals surface area contributed by atoms with Crippen molar-refractivity contribution in [3.8, 4) is 0 Å². The monoisotopic (exact) mass is 492 g/mol. The number of aromatic carboxylic acids is 1. The van der Waals surface area contributed by atoms with Gasteiger partial charge in [-0.1, -0.05) is 28.1 Å². The first kappa shape index (κ1) is 23.9. The lowest BCUT2D eigenvalue weighted by atomic mass is 9.89. The van der Waals surface area contributed by atoms with Crippen molar-refractivity contribution in [1.29, 1.82) is 0 Å². The molecule has 158 valence electrons. The SMILES string of the molecule is C[C@@H](O)CCC[C@H](O)C=C[C@@H]1[C@@H](CCCc2ccc(C(=O)O)s2)[C@H](Cl)C[C@H]1Br. The summed E-state index contributed by atoms with van der Waals surface area (Å²) in [5.74, 6) is -0.245. The number of carboxylic acid groups (broad SMARTS) is 1. The lowest BCUT2D eigenvalue weighted by molar-refractivity contribution is 0.0702. The number of rotatable bonds is 11. The van der Waals surface area contributed by atoms with Crippen LogP contribution in [0.4, 0.5) is 0 Å². The van der Waals surface area contributed by atoms with E-state index in [9.17, 15) is 15.0 Å². The van der Waals surface area contributed by atoms with E-state index in [-0.39, 0.29) is 17.4 Å². The molecule has 0 unspecified atom stereocenters. The van der Waals surface area contributed by atoms with Crippen LogP contribution in [0.25, 0.3) is 0 Å². The first-order valence-electron chi connectivity index (χ1n) is 9.92. The Hall–Kier alpha value is -0.400. The number of thiophene rings is 1. The number of halogens is 2. The van der Waals surface area contributed by atoms with E-state index in [1.807, 2.05) is 12.1 Å². The van der Waals surface area contributed by atoms with Gasteiger partial charge >= 0.3 is 5.97 Å². The molecule has 0 amide bonds. The van der Waals surface area contributed by atoms with Crippen molar-refractivity contribution in [2.75, 3.05) is 0 Å². The average molecular weight is 494 g/mol. The molecule has 0 spiro atoms. The summed E-state index contributed by atoms with van der Waals surface area (Å²) in [5, 5.41) is 28.6. The van der Waals surface area contributed by atoms with Gasteiger partial charge in [-0.25, -0.2) is 4.79 Å². The molecule has 1 aromatic rings. The number of hydrogen-bond donors (Lipinski definition) is 3. The molecule has 0 aliphatic heterocycles. The molecule has 6 atom stereocenters. The zero-order chi connectivity index (χ0) is 20.7. The third-order valence-electron chi connectivity index (χ3n) is 5.34. The zero-order valence-electron chi connectivity index (χ0n) is 16.1. The van der Waals surface area contributed by atoms with Crippen molar-refractivity contribution < 1.29 is 20.1 Å². The van der Waals surface area contributed by atoms with Gasteiger partial charge < -0.3 is 15.3 Å². The number of carbonyl (C=O) groups is 1. The Balaban J connectivity index is 1.84. The van der Waals surface area contributed by atoms with Crippen LogP contribution in [0.3, 0.4) is 0 Å². The van der Waals surface area contributed by atoms with Gasteiger partial charge in [-0.15, -0.1) is 22.9 Å². The van der Waals surface area contributed by atoms with E-state index in [2.05, 4.69) is 22.0 Å². The minimum atomic E-state index is -0.868. The Kier molecular flexibility index (Phi) is 9.98.